The molecule has 1 aromatic carbocycles. The highest BCUT2D eigenvalue weighted by Gasteiger charge is 2.24. The summed E-state index contributed by atoms with van der Waals surface area (Å²) in [4.78, 5) is 0. The summed E-state index contributed by atoms with van der Waals surface area (Å²) in [6, 6.07) is 13.2. The van der Waals surface area contributed by atoms with Gasteiger partial charge in [-0.25, -0.2) is 0 Å². The Morgan fingerprint density at radius 1 is 0.875 bits per heavy atom. The highest BCUT2D eigenvalue weighted by atomic mass is 15.3. The van der Waals surface area contributed by atoms with E-state index in [9.17, 15) is 0 Å². The summed E-state index contributed by atoms with van der Waals surface area (Å²) in [6.07, 6.45) is 4.45. The van der Waals surface area contributed by atoms with Gasteiger partial charge in [0.05, 0.1) is 0 Å². The van der Waals surface area contributed by atoms with E-state index < -0.39 is 0 Å². The van der Waals surface area contributed by atoms with E-state index in [1.807, 2.05) is 17.9 Å². The van der Waals surface area contributed by atoms with Crippen LogP contribution >= 0.6 is 0 Å². The second kappa shape index (κ2) is 8.50. The van der Waals surface area contributed by atoms with Crippen LogP contribution in [0.25, 0.3) is 0 Å². The smallest absolute Gasteiger partial charge is 0.0492 e. The van der Waals surface area contributed by atoms with Gasteiger partial charge in [-0.2, -0.15) is 5.10 Å². The predicted molar refractivity (Wildman–Crippen MR) is 103 cm³/mol. The molecule has 2 rings (SSSR count). The second-order valence-electron chi connectivity index (χ2n) is 7.88. The maximum Gasteiger partial charge on any atom is 0.0492 e. The van der Waals surface area contributed by atoms with Gasteiger partial charge in [0.1, 0.15) is 0 Å². The van der Waals surface area contributed by atoms with E-state index in [4.69, 9.17) is 0 Å². The highest BCUT2D eigenvalue weighted by Crippen LogP contribution is 2.36. The third kappa shape index (κ3) is 4.49. The van der Waals surface area contributed by atoms with Gasteiger partial charge in [0, 0.05) is 24.9 Å². The quantitative estimate of drug-likeness (QED) is 0.580. The van der Waals surface area contributed by atoms with Gasteiger partial charge in [-0.3, -0.25) is 4.68 Å². The van der Waals surface area contributed by atoms with Gasteiger partial charge in [-0.1, -0.05) is 65.0 Å². The van der Waals surface area contributed by atoms with Crippen LogP contribution in [0.4, 0.5) is 0 Å². The fourth-order valence-corrected chi connectivity index (χ4v) is 4.12. The van der Waals surface area contributed by atoms with E-state index in [2.05, 4.69) is 76.1 Å². The molecule has 4 unspecified atom stereocenters. The van der Waals surface area contributed by atoms with Crippen LogP contribution in [-0.4, -0.2) is 9.78 Å². The first-order chi connectivity index (χ1) is 11.4. The summed E-state index contributed by atoms with van der Waals surface area (Å²) in [7, 11) is 2.05. The number of aryl methyl sites for hydroxylation is 1. The number of hydrogen-bond donors (Lipinski definition) is 0. The van der Waals surface area contributed by atoms with Crippen LogP contribution in [-0.2, 0) is 7.05 Å². The van der Waals surface area contributed by atoms with Crippen molar-refractivity contribution in [2.24, 2.45) is 24.8 Å². The van der Waals surface area contributed by atoms with Crippen molar-refractivity contribution in [1.29, 1.82) is 0 Å². The molecule has 0 radical (unpaired) electrons. The summed E-state index contributed by atoms with van der Waals surface area (Å²) in [5, 5.41) is 4.32. The Bertz CT molecular complexity index is 599. The fraction of sp³-hybridized carbons (Fsp3) is 0.591. The van der Waals surface area contributed by atoms with Crippen LogP contribution in [0.3, 0.4) is 0 Å². The molecule has 0 aliphatic carbocycles. The van der Waals surface area contributed by atoms with Crippen LogP contribution in [0.5, 0.6) is 0 Å². The molecule has 0 aliphatic heterocycles. The molecule has 0 N–H and O–H groups in total. The van der Waals surface area contributed by atoms with Crippen molar-refractivity contribution in [3.63, 3.8) is 0 Å². The Balaban J connectivity index is 1.98. The molecule has 0 bridgehead atoms. The van der Waals surface area contributed by atoms with Crippen molar-refractivity contribution < 1.29 is 0 Å². The molecule has 0 amide bonds. The van der Waals surface area contributed by atoms with E-state index in [0.29, 0.717) is 29.6 Å². The zero-order valence-corrected chi connectivity index (χ0v) is 16.2. The maximum absolute atomic E-state index is 4.32. The molecule has 2 aromatic rings. The minimum absolute atomic E-state index is 0.555. The number of benzene rings is 1. The summed E-state index contributed by atoms with van der Waals surface area (Å²) in [5.41, 5.74) is 2.84. The SMILES string of the molecule is CC(C)C(c1ccccc1)C(C)CCC(C)C(C)c1ccnn1C. The zero-order chi connectivity index (χ0) is 17.7. The van der Waals surface area contributed by atoms with Crippen molar-refractivity contribution in [1.82, 2.24) is 9.78 Å². The summed E-state index contributed by atoms with van der Waals surface area (Å²) in [6.45, 7) is 11.9. The van der Waals surface area contributed by atoms with Gasteiger partial charge in [0.15, 0.2) is 0 Å². The van der Waals surface area contributed by atoms with Crippen molar-refractivity contribution >= 4 is 0 Å². The topological polar surface area (TPSA) is 17.8 Å². The lowest BCUT2D eigenvalue weighted by Gasteiger charge is -2.30. The molecular weight excluding hydrogens is 292 g/mol. The van der Waals surface area contributed by atoms with Gasteiger partial charge >= 0.3 is 0 Å². The normalized spacial score (nSPS) is 16.8. The molecule has 0 saturated heterocycles. The third-order valence-corrected chi connectivity index (χ3v) is 5.77. The Kier molecular flexibility index (Phi) is 6.65. The zero-order valence-electron chi connectivity index (χ0n) is 16.2. The van der Waals surface area contributed by atoms with E-state index in [0.717, 1.165) is 0 Å². The van der Waals surface area contributed by atoms with Crippen molar-refractivity contribution in [3.05, 3.63) is 53.9 Å². The fourth-order valence-electron chi connectivity index (χ4n) is 4.12. The maximum atomic E-state index is 4.32. The molecule has 0 aliphatic rings. The summed E-state index contributed by atoms with van der Waals surface area (Å²) >= 11 is 0. The highest BCUT2D eigenvalue weighted by molar-refractivity contribution is 5.20. The monoisotopic (exact) mass is 326 g/mol. The lowest BCUT2D eigenvalue weighted by atomic mass is 9.75. The van der Waals surface area contributed by atoms with Crippen LogP contribution < -0.4 is 0 Å². The van der Waals surface area contributed by atoms with E-state index in [1.54, 1.807) is 0 Å². The minimum Gasteiger partial charge on any atom is -0.272 e. The molecule has 0 spiro atoms. The average Bonchev–Trinajstić information content (AvgIpc) is 2.98. The van der Waals surface area contributed by atoms with E-state index in [1.165, 1.54) is 24.1 Å². The van der Waals surface area contributed by atoms with Crippen molar-refractivity contribution in [3.8, 4) is 0 Å². The van der Waals surface area contributed by atoms with Crippen LogP contribution in [0.2, 0.25) is 0 Å². The molecule has 0 saturated carbocycles. The van der Waals surface area contributed by atoms with Gasteiger partial charge in [0.25, 0.3) is 0 Å². The Hall–Kier alpha value is -1.57. The predicted octanol–water partition coefficient (Wildman–Crippen LogP) is 6.02. The van der Waals surface area contributed by atoms with Gasteiger partial charge in [-0.05, 0) is 48.1 Å². The summed E-state index contributed by atoms with van der Waals surface area (Å²) < 4.78 is 2.02. The molecule has 1 aromatic heterocycles. The van der Waals surface area contributed by atoms with Crippen LogP contribution in [0.15, 0.2) is 42.6 Å². The molecule has 0 fully saturated rings. The third-order valence-electron chi connectivity index (χ3n) is 5.77. The number of rotatable bonds is 8. The van der Waals surface area contributed by atoms with Gasteiger partial charge in [-0.15, -0.1) is 0 Å². The molecule has 1 heterocycles. The first-order valence-electron chi connectivity index (χ1n) is 9.44. The first-order valence-corrected chi connectivity index (χ1v) is 9.44. The van der Waals surface area contributed by atoms with Crippen LogP contribution in [0.1, 0.15) is 70.6 Å². The molecule has 132 valence electrons. The molecule has 24 heavy (non-hydrogen) atoms. The summed E-state index contributed by atoms with van der Waals surface area (Å²) in [5.74, 6) is 3.25. The second-order valence-corrected chi connectivity index (χ2v) is 7.88. The lowest BCUT2D eigenvalue weighted by Crippen LogP contribution is -2.18. The minimum atomic E-state index is 0.555. The standard InChI is InChI=1S/C22H34N2/c1-16(2)22(20-10-8-7-9-11-20)18(4)13-12-17(3)19(5)21-14-15-23-24(21)6/h7-11,14-19,22H,12-13H2,1-6H3. The van der Waals surface area contributed by atoms with Gasteiger partial charge < -0.3 is 0 Å². The number of aromatic nitrogens is 2. The largest absolute Gasteiger partial charge is 0.272 e. The Labute approximate surface area is 148 Å². The van der Waals surface area contributed by atoms with E-state index >= 15 is 0 Å². The van der Waals surface area contributed by atoms with Gasteiger partial charge in [0.2, 0.25) is 0 Å². The number of hydrogen-bond acceptors (Lipinski definition) is 1. The van der Waals surface area contributed by atoms with Crippen molar-refractivity contribution in [2.75, 3.05) is 0 Å². The molecule has 2 heteroatoms. The molecule has 4 atom stereocenters. The first kappa shape index (κ1) is 18.8. The van der Waals surface area contributed by atoms with Crippen LogP contribution in [0, 0.1) is 17.8 Å². The van der Waals surface area contributed by atoms with Crippen molar-refractivity contribution in [2.45, 2.75) is 59.3 Å². The lowest BCUT2D eigenvalue weighted by molar-refractivity contribution is 0.307. The average molecular weight is 327 g/mol. The molecular formula is C22H34N2. The van der Waals surface area contributed by atoms with E-state index in [-0.39, 0.29) is 0 Å². The number of nitrogens with zero attached hydrogens (tertiary/aromatic N) is 2. The Morgan fingerprint density at radius 2 is 1.50 bits per heavy atom. The molecule has 2 nitrogen and oxygen atoms in total. The Morgan fingerprint density at radius 3 is 2.04 bits per heavy atom.